The van der Waals surface area contributed by atoms with E-state index in [2.05, 4.69) is 321 Å². The Morgan fingerprint density at radius 1 is 0.415 bits per heavy atom. The fraction of sp³-hybridized carbons (Fsp3) is 0.595. The second-order valence-electron chi connectivity index (χ2n) is 44.4. The summed E-state index contributed by atoms with van der Waals surface area (Å²) in [5.41, 5.74) is 19.0. The van der Waals surface area contributed by atoms with Crippen molar-refractivity contribution in [3.05, 3.63) is 248 Å². The zero-order chi connectivity index (χ0) is 95.6. The summed E-state index contributed by atoms with van der Waals surface area (Å²) in [6.07, 6.45) is 6.05. The van der Waals surface area contributed by atoms with Crippen molar-refractivity contribution in [2.75, 3.05) is 143 Å². The van der Waals surface area contributed by atoms with Crippen LogP contribution in [0.4, 0.5) is 27.6 Å². The summed E-state index contributed by atoms with van der Waals surface area (Å²) < 4.78 is 101. The monoisotopic (exact) mass is 1820 g/mol. The summed E-state index contributed by atoms with van der Waals surface area (Å²) in [7, 11) is -3.04. The number of anilines is 1. The third-order valence-electron chi connectivity index (χ3n) is 25.7. The molecular formula is C111H166F5N9O4S. The van der Waals surface area contributed by atoms with Crippen LogP contribution in [-0.2, 0) is 89.9 Å². The van der Waals surface area contributed by atoms with Crippen LogP contribution in [0.15, 0.2) is 164 Å². The molecule has 13 nitrogen and oxygen atoms in total. The van der Waals surface area contributed by atoms with Crippen molar-refractivity contribution in [3.8, 4) is 0 Å². The summed E-state index contributed by atoms with van der Waals surface area (Å²) in [6.45, 7) is 69.2. The first-order valence-corrected chi connectivity index (χ1v) is 50.2. The molecule has 130 heavy (non-hydrogen) atoms. The third-order valence-corrected chi connectivity index (χ3v) is 27.0. The zero-order valence-electron chi connectivity index (χ0n) is 84.3. The molecule has 6 fully saturated rings. The van der Waals surface area contributed by atoms with Gasteiger partial charge in [0.05, 0.1) is 18.3 Å². The van der Waals surface area contributed by atoms with Gasteiger partial charge in [-0.15, -0.1) is 0 Å². The van der Waals surface area contributed by atoms with Gasteiger partial charge >= 0.3 is 6.18 Å². The molecular weight excluding hydrogens is 1650 g/mol. The van der Waals surface area contributed by atoms with E-state index in [1.807, 2.05) is 25.1 Å². The molecule has 0 saturated carbocycles. The van der Waals surface area contributed by atoms with Crippen LogP contribution >= 0.6 is 0 Å². The highest BCUT2D eigenvalue weighted by Gasteiger charge is 2.33. The summed E-state index contributed by atoms with van der Waals surface area (Å²) in [6, 6.07) is 57.7. The lowest BCUT2D eigenvalue weighted by atomic mass is 9.83. The lowest BCUT2D eigenvalue weighted by Crippen LogP contribution is -2.48. The van der Waals surface area contributed by atoms with Gasteiger partial charge in [-0.25, -0.2) is 17.2 Å². The van der Waals surface area contributed by atoms with E-state index in [0.717, 1.165) is 131 Å². The molecule has 7 aromatic carbocycles. The maximum atomic E-state index is 14.5. The van der Waals surface area contributed by atoms with E-state index in [-0.39, 0.29) is 49.5 Å². The first-order chi connectivity index (χ1) is 60.7. The van der Waals surface area contributed by atoms with Gasteiger partial charge in [0.15, 0.2) is 0 Å². The molecule has 1 aromatic heterocycles. The van der Waals surface area contributed by atoms with Gasteiger partial charge in [0.25, 0.3) is 0 Å². The van der Waals surface area contributed by atoms with E-state index in [0.29, 0.717) is 51.2 Å². The Labute approximate surface area is 783 Å². The van der Waals surface area contributed by atoms with E-state index < -0.39 is 22.7 Å². The Kier molecular flexibility index (Phi) is 40.8. The molecule has 0 radical (unpaired) electrons. The highest BCUT2D eigenvalue weighted by Crippen LogP contribution is 2.34. The van der Waals surface area contributed by atoms with Gasteiger partial charge in [-0.1, -0.05) is 280 Å². The number of aromatic nitrogens is 1. The number of alkyl halides is 3. The number of aryl methyl sites for hydroxylation is 1. The van der Waals surface area contributed by atoms with Crippen molar-refractivity contribution >= 4 is 26.6 Å². The molecule has 0 bridgehead atoms. The largest absolute Gasteiger partial charge is 0.401 e. The van der Waals surface area contributed by atoms with Crippen LogP contribution in [0.5, 0.6) is 0 Å². The number of piperidine rings is 1. The number of nitrogens with zero attached hydrogens (tertiary/aromatic N) is 7. The van der Waals surface area contributed by atoms with E-state index in [4.69, 9.17) is 9.47 Å². The normalized spacial score (nSPS) is 17.7. The first kappa shape index (κ1) is 108. The van der Waals surface area contributed by atoms with E-state index in [9.17, 15) is 30.4 Å². The van der Waals surface area contributed by atoms with Crippen molar-refractivity contribution in [2.24, 2.45) is 11.8 Å². The maximum absolute atomic E-state index is 14.5. The third kappa shape index (κ3) is 38.0. The Morgan fingerprint density at radius 3 is 1.25 bits per heavy atom. The number of piperazine rings is 3. The minimum Gasteiger partial charge on any atom is -0.382 e. The van der Waals surface area contributed by atoms with Crippen LogP contribution in [0.1, 0.15) is 263 Å². The van der Waals surface area contributed by atoms with E-state index >= 15 is 0 Å². The number of pyridine rings is 1. The van der Waals surface area contributed by atoms with Crippen molar-refractivity contribution in [1.29, 1.82) is 0 Å². The van der Waals surface area contributed by atoms with Crippen molar-refractivity contribution in [2.45, 2.75) is 280 Å². The van der Waals surface area contributed by atoms with Gasteiger partial charge in [0, 0.05) is 147 Å². The molecule has 8 aromatic rings. The minimum absolute atomic E-state index is 0.00325. The maximum Gasteiger partial charge on any atom is 0.401 e. The lowest BCUT2D eigenvalue weighted by molar-refractivity contribution is -0.149. The smallest absolute Gasteiger partial charge is 0.382 e. The molecule has 6 saturated heterocycles. The topological polar surface area (TPSA) is 109 Å². The summed E-state index contributed by atoms with van der Waals surface area (Å²) in [5, 5.41) is 8.08. The number of ether oxygens (including phenoxy) is 2. The van der Waals surface area contributed by atoms with Crippen LogP contribution < -0.4 is 10.6 Å². The van der Waals surface area contributed by atoms with Crippen LogP contribution in [0.3, 0.4) is 0 Å². The zero-order valence-corrected chi connectivity index (χ0v) is 85.1. The molecule has 720 valence electrons. The molecule has 6 aliphatic heterocycles. The molecule has 14 rings (SSSR count). The number of sulfonamides is 1. The van der Waals surface area contributed by atoms with Crippen LogP contribution in [0.2, 0.25) is 0 Å². The standard InChI is InChI=1S/C17H25F3N2.C17H28N2.C16H23FO.C16H26N2O2S.C16H25N.C15H22FNO.C14H17N/c1-16(2,3)15-6-4-5-14(11-15)12-21-7-9-22(10-8-21)13-17(18,19)20;1-5-18-9-11-19(12-10-18)14-15-7-6-8-16(13-15)17(2,3)4;1-16(2,3)14-6-4-5-13(15(14)17)11-12-7-9-18-10-8-12;1-16(2,3)15-7-5-6-14(12-15)13-17-8-10-18(11-9-17)21(4,19)20;1-16(2,3)15-6-4-5-14(12-15)11-13-7-9-17-10-8-13;1-15(2,3)11-8-12(16)10-14(9-11)17-13-4-6-18-7-5-13;1-10-5-6-11-9-12(14(2,3)4)7-8-13(11)15-10/h4-6,11H,7-10,12-13H2,1-3H3;6-8,13H,5,9-12,14H2,1-4H3;4-6,12H,7-11H2,1-3H3;5-7,12H,8-11,13H2,1-4H3;4-6,12-13,17H,7-11H2,1-3H3;8-10,13,17H,4-7H2,1-3H3;5-9H,1-4H3. The highest BCUT2D eigenvalue weighted by atomic mass is 32.2. The number of halogens is 5. The molecule has 0 spiro atoms. The molecule has 0 atom stereocenters. The number of benzene rings is 7. The molecule has 19 heteroatoms. The van der Waals surface area contributed by atoms with Gasteiger partial charge in [0.1, 0.15) is 11.6 Å². The predicted octanol–water partition coefficient (Wildman–Crippen LogP) is 24.0. The average Bonchev–Trinajstić information content (AvgIpc) is 0.829. The number of hydrogen-bond donors (Lipinski definition) is 2. The Morgan fingerprint density at radius 2 is 0.815 bits per heavy atom. The molecule has 6 aliphatic rings. The SMILES string of the molecule is CC(C)(C)c1cc(F)cc(NC2CCOCC2)c1.CC(C)(C)c1cccc(CC2CCNCC2)c1.CC(C)(C)c1cccc(CC2CCOCC2)c1F.CC(C)(C)c1cccc(CN2CCN(CC(F)(F)F)CC2)c1.CC(C)(C)c1cccc(CN2CCN(S(C)(=O)=O)CC2)c1.CCN1CCN(Cc2cccc(C(C)(C)C)c2)CC1.Cc1ccc2cc(C(C)(C)C)ccc2n1. The highest BCUT2D eigenvalue weighted by molar-refractivity contribution is 7.88. The second-order valence-corrected chi connectivity index (χ2v) is 46.4. The van der Waals surface area contributed by atoms with Gasteiger partial charge in [0.2, 0.25) is 10.0 Å². The Bertz CT molecular complexity index is 4830. The number of likely N-dealkylation sites (N-methyl/N-ethyl adjacent to an activating group) is 1. The fourth-order valence-corrected chi connectivity index (χ4v) is 17.9. The van der Waals surface area contributed by atoms with Gasteiger partial charge < -0.3 is 25.0 Å². The van der Waals surface area contributed by atoms with Gasteiger partial charge in [-0.05, 0) is 231 Å². The summed E-state index contributed by atoms with van der Waals surface area (Å²) in [5.74, 6) is 1.28. The van der Waals surface area contributed by atoms with Gasteiger partial charge in [-0.3, -0.25) is 24.6 Å². The van der Waals surface area contributed by atoms with E-state index in [1.165, 1.54) is 132 Å². The first-order valence-electron chi connectivity index (χ1n) is 48.3. The Balaban J connectivity index is 0.000000188. The second kappa shape index (κ2) is 49.0. The van der Waals surface area contributed by atoms with Crippen molar-refractivity contribution < 1.29 is 39.8 Å². The average molecular weight is 1820 g/mol. The van der Waals surface area contributed by atoms with E-state index in [1.54, 1.807) is 16.4 Å². The number of fused-ring (bicyclic) bond motifs is 1. The molecule has 7 heterocycles. The number of nitrogens with one attached hydrogen (secondary N) is 2. The summed E-state index contributed by atoms with van der Waals surface area (Å²) in [4.78, 5) is 15.6. The molecule has 2 N–H and O–H groups in total. The molecule has 0 unspecified atom stereocenters. The van der Waals surface area contributed by atoms with Gasteiger partial charge in [-0.2, -0.15) is 17.5 Å². The fourth-order valence-electron chi connectivity index (χ4n) is 17.1. The lowest BCUT2D eigenvalue weighted by Gasteiger charge is -2.35. The summed E-state index contributed by atoms with van der Waals surface area (Å²) >= 11 is 0. The number of rotatable bonds is 15. The van der Waals surface area contributed by atoms with Crippen LogP contribution in [-0.4, -0.2) is 192 Å². The molecule has 0 amide bonds. The molecule has 0 aliphatic carbocycles. The van der Waals surface area contributed by atoms with Crippen molar-refractivity contribution in [1.82, 2.24) is 39.1 Å². The Hall–Kier alpha value is -7.01. The van der Waals surface area contributed by atoms with Crippen LogP contribution in [0.25, 0.3) is 10.9 Å². The van der Waals surface area contributed by atoms with Crippen LogP contribution in [0, 0.1) is 30.4 Å². The quantitative estimate of drug-likeness (QED) is 0.0954. The minimum atomic E-state index is -4.09. The predicted molar refractivity (Wildman–Crippen MR) is 537 cm³/mol. The number of hydrogen-bond acceptors (Lipinski definition) is 12. The van der Waals surface area contributed by atoms with Crippen molar-refractivity contribution in [3.63, 3.8) is 0 Å².